The maximum Gasteiger partial charge on any atom is 0.174 e. The van der Waals surface area contributed by atoms with E-state index in [0.29, 0.717) is 5.11 Å². The first-order chi connectivity index (χ1) is 15.9. The van der Waals surface area contributed by atoms with E-state index in [1.54, 1.807) is 24.4 Å². The minimum atomic E-state index is -0.276. The van der Waals surface area contributed by atoms with Crippen LogP contribution in [0.5, 0.6) is 5.75 Å². The first-order valence-electron chi connectivity index (χ1n) is 10.7. The molecule has 0 bridgehead atoms. The summed E-state index contributed by atoms with van der Waals surface area (Å²) in [6.07, 6.45) is 1.77. The Morgan fingerprint density at radius 3 is 2.45 bits per heavy atom. The summed E-state index contributed by atoms with van der Waals surface area (Å²) in [6.45, 7) is 4.06. The first kappa shape index (κ1) is 21.2. The van der Waals surface area contributed by atoms with E-state index in [4.69, 9.17) is 12.2 Å². The van der Waals surface area contributed by atoms with Gasteiger partial charge < -0.3 is 19.9 Å². The Morgan fingerprint density at radius 1 is 0.970 bits per heavy atom. The standard InChI is InChI=1S/C26H23FN4OS/c1-16-14-22(17(2)30(16)20-7-5-6-18(27)15-20)25-24(23-8-3-4-13-28-23)29-26(33)31(25)19-9-11-21(32)12-10-19/h3-15,24-25,32H,1-2H3,(H,29,33)/t24-,25-/m1/s1. The van der Waals surface area contributed by atoms with Crippen molar-refractivity contribution >= 4 is 23.0 Å². The van der Waals surface area contributed by atoms with Gasteiger partial charge in [0.05, 0.1) is 17.8 Å². The normalized spacial score (nSPS) is 17.9. The highest BCUT2D eigenvalue weighted by Gasteiger charge is 2.42. The predicted octanol–water partition coefficient (Wildman–Crippen LogP) is 5.51. The highest BCUT2D eigenvalue weighted by atomic mass is 32.1. The number of nitrogens with zero attached hydrogens (tertiary/aromatic N) is 3. The molecular formula is C26H23FN4OS. The smallest absolute Gasteiger partial charge is 0.174 e. The SMILES string of the molecule is Cc1cc([C@@H]2[C@@H](c3ccccn3)NC(=S)N2c2ccc(O)cc2)c(C)n1-c1cccc(F)c1. The minimum Gasteiger partial charge on any atom is -0.508 e. The summed E-state index contributed by atoms with van der Waals surface area (Å²) in [6, 6.07) is 21.2. The number of phenols is 1. The van der Waals surface area contributed by atoms with Crippen LogP contribution < -0.4 is 10.2 Å². The second-order valence-electron chi connectivity index (χ2n) is 8.15. The molecule has 2 aromatic carbocycles. The molecule has 0 radical (unpaired) electrons. The van der Waals surface area contributed by atoms with Gasteiger partial charge in [0, 0.05) is 29.0 Å². The molecule has 0 unspecified atom stereocenters. The molecule has 166 valence electrons. The number of benzene rings is 2. The Hall–Kier alpha value is -3.71. The number of rotatable bonds is 4. The Labute approximate surface area is 197 Å². The molecule has 0 aliphatic carbocycles. The Kier molecular flexibility index (Phi) is 5.34. The molecule has 0 amide bonds. The highest BCUT2D eigenvalue weighted by Crippen LogP contribution is 2.43. The van der Waals surface area contributed by atoms with Crippen LogP contribution in [0.3, 0.4) is 0 Å². The zero-order chi connectivity index (χ0) is 23.1. The van der Waals surface area contributed by atoms with Crippen LogP contribution in [0.1, 0.15) is 34.7 Å². The van der Waals surface area contributed by atoms with Crippen LogP contribution in [-0.2, 0) is 0 Å². The van der Waals surface area contributed by atoms with E-state index < -0.39 is 0 Å². The molecule has 2 aromatic heterocycles. The second kappa shape index (κ2) is 8.33. The Bertz CT molecular complexity index is 1320. The number of anilines is 1. The lowest BCUT2D eigenvalue weighted by atomic mass is 9.96. The van der Waals surface area contributed by atoms with Crippen LogP contribution in [0.4, 0.5) is 10.1 Å². The number of aromatic hydroxyl groups is 1. The molecule has 1 aliphatic rings. The van der Waals surface area contributed by atoms with Crippen molar-refractivity contribution in [3.8, 4) is 11.4 Å². The molecular weight excluding hydrogens is 435 g/mol. The van der Waals surface area contributed by atoms with Crippen molar-refractivity contribution in [2.45, 2.75) is 25.9 Å². The van der Waals surface area contributed by atoms with Crippen molar-refractivity contribution in [1.82, 2.24) is 14.9 Å². The van der Waals surface area contributed by atoms with Crippen LogP contribution in [0, 0.1) is 19.7 Å². The largest absolute Gasteiger partial charge is 0.508 e. The average Bonchev–Trinajstić information content (AvgIpc) is 3.30. The number of phenolic OH excluding ortho intramolecular Hbond substituents is 1. The third kappa shape index (κ3) is 3.74. The minimum absolute atomic E-state index is 0.186. The summed E-state index contributed by atoms with van der Waals surface area (Å²) in [5, 5.41) is 13.8. The number of aryl methyl sites for hydroxylation is 1. The van der Waals surface area contributed by atoms with Gasteiger partial charge in [0.2, 0.25) is 0 Å². The van der Waals surface area contributed by atoms with Gasteiger partial charge in [0.15, 0.2) is 5.11 Å². The molecule has 5 nitrogen and oxygen atoms in total. The fraction of sp³-hybridized carbons (Fsp3) is 0.154. The first-order valence-corrected chi connectivity index (χ1v) is 11.1. The van der Waals surface area contributed by atoms with Crippen molar-refractivity contribution in [3.63, 3.8) is 0 Å². The van der Waals surface area contributed by atoms with Gasteiger partial charge in [-0.3, -0.25) is 4.98 Å². The van der Waals surface area contributed by atoms with Gasteiger partial charge in [-0.15, -0.1) is 0 Å². The zero-order valence-corrected chi connectivity index (χ0v) is 19.1. The van der Waals surface area contributed by atoms with Crippen molar-refractivity contribution in [2.75, 3.05) is 4.90 Å². The summed E-state index contributed by atoms with van der Waals surface area (Å²) >= 11 is 5.77. The van der Waals surface area contributed by atoms with Gasteiger partial charge in [0.1, 0.15) is 11.6 Å². The summed E-state index contributed by atoms with van der Waals surface area (Å²) in [5.74, 6) is -0.0822. The van der Waals surface area contributed by atoms with Crippen molar-refractivity contribution in [2.24, 2.45) is 0 Å². The molecule has 2 N–H and O–H groups in total. The molecule has 0 saturated carbocycles. The van der Waals surface area contributed by atoms with E-state index in [1.165, 1.54) is 12.1 Å². The van der Waals surface area contributed by atoms with Crippen molar-refractivity contribution in [1.29, 1.82) is 0 Å². The molecule has 5 rings (SSSR count). The number of pyridine rings is 1. The predicted molar refractivity (Wildman–Crippen MR) is 131 cm³/mol. The summed E-state index contributed by atoms with van der Waals surface area (Å²) in [7, 11) is 0. The number of thiocarbonyl (C=S) groups is 1. The van der Waals surface area contributed by atoms with Gasteiger partial charge >= 0.3 is 0 Å². The van der Waals surface area contributed by atoms with Gasteiger partial charge in [-0.1, -0.05) is 12.1 Å². The summed E-state index contributed by atoms with van der Waals surface area (Å²) in [5.41, 5.74) is 5.57. The molecule has 7 heteroatoms. The Balaban J connectivity index is 1.68. The van der Waals surface area contributed by atoms with Crippen LogP contribution in [0.2, 0.25) is 0 Å². The van der Waals surface area contributed by atoms with Crippen LogP contribution in [0.25, 0.3) is 5.69 Å². The van der Waals surface area contributed by atoms with Crippen molar-refractivity contribution < 1.29 is 9.50 Å². The van der Waals surface area contributed by atoms with Crippen molar-refractivity contribution in [3.05, 3.63) is 107 Å². The maximum atomic E-state index is 14.0. The number of halogens is 1. The monoisotopic (exact) mass is 458 g/mol. The Morgan fingerprint density at radius 2 is 1.76 bits per heavy atom. The zero-order valence-electron chi connectivity index (χ0n) is 18.2. The van der Waals surface area contributed by atoms with Gasteiger partial charge in [-0.25, -0.2) is 4.39 Å². The van der Waals surface area contributed by atoms with Gasteiger partial charge in [0.25, 0.3) is 0 Å². The number of hydrogen-bond acceptors (Lipinski definition) is 3. The fourth-order valence-electron chi connectivity index (χ4n) is 4.66. The topological polar surface area (TPSA) is 53.3 Å². The highest BCUT2D eigenvalue weighted by molar-refractivity contribution is 7.80. The molecule has 2 atom stereocenters. The second-order valence-corrected chi connectivity index (χ2v) is 8.54. The van der Waals surface area contributed by atoms with Gasteiger partial charge in [-0.05, 0) is 92.3 Å². The van der Waals surface area contributed by atoms with Crippen LogP contribution >= 0.6 is 12.2 Å². The molecule has 3 heterocycles. The van der Waals surface area contributed by atoms with E-state index in [1.807, 2.05) is 50.2 Å². The lowest BCUT2D eigenvalue weighted by molar-refractivity contribution is 0.475. The third-order valence-electron chi connectivity index (χ3n) is 6.08. The van der Waals surface area contributed by atoms with E-state index in [2.05, 4.69) is 25.8 Å². The van der Waals surface area contributed by atoms with Crippen LogP contribution in [0.15, 0.2) is 79.0 Å². The fourth-order valence-corrected chi connectivity index (χ4v) is 5.01. The molecule has 33 heavy (non-hydrogen) atoms. The molecule has 4 aromatic rings. The molecule has 1 aliphatic heterocycles. The summed E-state index contributed by atoms with van der Waals surface area (Å²) in [4.78, 5) is 6.66. The quantitative estimate of drug-likeness (QED) is 0.395. The van der Waals surface area contributed by atoms with Gasteiger partial charge in [-0.2, -0.15) is 0 Å². The maximum absolute atomic E-state index is 14.0. The molecule has 0 spiro atoms. The lowest BCUT2D eigenvalue weighted by Crippen LogP contribution is -2.29. The summed E-state index contributed by atoms with van der Waals surface area (Å²) < 4.78 is 16.1. The third-order valence-corrected chi connectivity index (χ3v) is 6.40. The molecule has 1 saturated heterocycles. The van der Waals surface area contributed by atoms with E-state index in [-0.39, 0.29) is 23.7 Å². The lowest BCUT2D eigenvalue weighted by Gasteiger charge is -2.28. The molecule has 1 fully saturated rings. The number of hydrogen-bond donors (Lipinski definition) is 2. The number of nitrogens with one attached hydrogen (secondary N) is 1. The van der Waals surface area contributed by atoms with Crippen LogP contribution in [-0.4, -0.2) is 19.8 Å². The number of aromatic nitrogens is 2. The van der Waals surface area contributed by atoms with E-state index in [9.17, 15) is 9.50 Å². The average molecular weight is 459 g/mol. The van der Waals surface area contributed by atoms with E-state index >= 15 is 0 Å². The van der Waals surface area contributed by atoms with E-state index in [0.717, 1.165) is 34.0 Å².